The molecule has 3 aliphatic heterocycles. The van der Waals surface area contributed by atoms with Gasteiger partial charge < -0.3 is 19.8 Å². The van der Waals surface area contributed by atoms with Crippen LogP contribution < -0.4 is 4.90 Å². The number of likely N-dealkylation sites (tertiary alicyclic amines) is 2. The Kier molecular flexibility index (Phi) is 6.11. The van der Waals surface area contributed by atoms with E-state index < -0.39 is 5.60 Å². The highest BCUT2D eigenvalue weighted by Crippen LogP contribution is 2.33. The monoisotopic (exact) mass is 403 g/mol. The molecule has 4 rings (SSSR count). The van der Waals surface area contributed by atoms with Gasteiger partial charge in [-0.25, -0.2) is 4.39 Å². The van der Waals surface area contributed by atoms with Crippen LogP contribution in [0.2, 0.25) is 0 Å². The summed E-state index contributed by atoms with van der Waals surface area (Å²) >= 11 is 0. The van der Waals surface area contributed by atoms with E-state index in [0.717, 1.165) is 64.1 Å². The first-order valence-electron chi connectivity index (χ1n) is 11.2. The van der Waals surface area contributed by atoms with Crippen molar-refractivity contribution in [3.05, 3.63) is 30.1 Å². The lowest BCUT2D eigenvalue weighted by Gasteiger charge is -2.46. The van der Waals surface area contributed by atoms with Crippen LogP contribution in [0.4, 0.5) is 10.1 Å². The molecule has 3 fully saturated rings. The third kappa shape index (κ3) is 4.75. The van der Waals surface area contributed by atoms with Gasteiger partial charge in [0.05, 0.1) is 5.60 Å². The maximum absolute atomic E-state index is 13.2. The van der Waals surface area contributed by atoms with Gasteiger partial charge in [0, 0.05) is 57.9 Å². The normalized spacial score (nSPS) is 28.0. The number of hydrogen-bond donors (Lipinski definition) is 1. The fraction of sp³-hybridized carbons (Fsp3) is 0.696. The number of piperidine rings is 2. The Morgan fingerprint density at radius 2 is 1.83 bits per heavy atom. The number of fused-ring (bicyclic) bond motifs is 1. The number of benzene rings is 1. The van der Waals surface area contributed by atoms with Gasteiger partial charge in [-0.1, -0.05) is 6.42 Å². The van der Waals surface area contributed by atoms with E-state index in [9.17, 15) is 14.3 Å². The summed E-state index contributed by atoms with van der Waals surface area (Å²) in [5, 5.41) is 11.2. The molecular weight excluding hydrogens is 369 g/mol. The Labute approximate surface area is 173 Å². The van der Waals surface area contributed by atoms with E-state index in [-0.39, 0.29) is 11.7 Å². The zero-order chi connectivity index (χ0) is 20.4. The van der Waals surface area contributed by atoms with Crippen LogP contribution in [0.5, 0.6) is 0 Å². The van der Waals surface area contributed by atoms with Crippen LogP contribution in [0.3, 0.4) is 0 Å². The van der Waals surface area contributed by atoms with E-state index in [1.807, 2.05) is 12.1 Å². The highest BCUT2D eigenvalue weighted by atomic mass is 19.1. The number of carbonyl (C=O) groups is 1. The van der Waals surface area contributed by atoms with E-state index >= 15 is 0 Å². The summed E-state index contributed by atoms with van der Waals surface area (Å²) in [5.74, 6) is 0.521. The second-order valence-corrected chi connectivity index (χ2v) is 9.25. The van der Waals surface area contributed by atoms with Crippen molar-refractivity contribution in [2.45, 2.75) is 57.1 Å². The van der Waals surface area contributed by atoms with Gasteiger partial charge in [-0.05, 0) is 62.3 Å². The maximum Gasteiger partial charge on any atom is 0.219 e. The Hall–Kier alpha value is -1.66. The van der Waals surface area contributed by atoms with E-state index in [4.69, 9.17) is 0 Å². The summed E-state index contributed by atoms with van der Waals surface area (Å²) in [6.07, 6.45) is 5.96. The lowest BCUT2D eigenvalue weighted by Crippen LogP contribution is -2.56. The minimum absolute atomic E-state index is 0.210. The molecule has 6 heteroatoms. The van der Waals surface area contributed by atoms with E-state index in [0.29, 0.717) is 18.5 Å². The highest BCUT2D eigenvalue weighted by Gasteiger charge is 2.39. The molecule has 2 atom stereocenters. The maximum atomic E-state index is 13.2. The number of hydrogen-bond acceptors (Lipinski definition) is 4. The van der Waals surface area contributed by atoms with Crippen LogP contribution >= 0.6 is 0 Å². The number of β-amino-alcohol motifs (C(OH)–C–C–N with tert-alkyl or cyclic N) is 1. The standard InChI is InChI=1S/C23H34FN3O2/c1-18(28)27-12-3-2-4-19-16-25(13-9-22(19)27)17-23(29)10-14-26(15-11-23)21-7-5-20(24)6-8-21/h5-8,19,22,29H,2-4,9-17H2,1H3/t19-,22+/m0/s1. The van der Waals surface area contributed by atoms with Gasteiger partial charge in [0.1, 0.15) is 5.82 Å². The van der Waals surface area contributed by atoms with Crippen LogP contribution in [0.1, 0.15) is 45.4 Å². The van der Waals surface area contributed by atoms with Gasteiger partial charge in [-0.2, -0.15) is 0 Å². The summed E-state index contributed by atoms with van der Waals surface area (Å²) < 4.78 is 13.2. The Bertz CT molecular complexity index is 703. The van der Waals surface area contributed by atoms with Crippen LogP contribution in [0, 0.1) is 11.7 Å². The zero-order valence-electron chi connectivity index (χ0n) is 17.5. The number of halogens is 1. The van der Waals surface area contributed by atoms with Crippen LogP contribution in [-0.2, 0) is 4.79 Å². The van der Waals surface area contributed by atoms with Gasteiger partial charge in [0.2, 0.25) is 5.91 Å². The Morgan fingerprint density at radius 3 is 2.52 bits per heavy atom. The van der Waals surface area contributed by atoms with Crippen LogP contribution in [0.15, 0.2) is 24.3 Å². The zero-order valence-corrected chi connectivity index (χ0v) is 17.5. The van der Waals surface area contributed by atoms with Crippen molar-refractivity contribution in [3.63, 3.8) is 0 Å². The van der Waals surface area contributed by atoms with Crippen molar-refractivity contribution in [3.8, 4) is 0 Å². The first kappa shape index (κ1) is 20.6. The molecule has 1 aromatic carbocycles. The smallest absolute Gasteiger partial charge is 0.219 e. The predicted octanol–water partition coefficient (Wildman–Crippen LogP) is 2.88. The van der Waals surface area contributed by atoms with Gasteiger partial charge >= 0.3 is 0 Å². The molecule has 0 radical (unpaired) electrons. The fourth-order valence-electron chi connectivity index (χ4n) is 5.59. The van der Waals surface area contributed by atoms with Crippen molar-refractivity contribution in [1.29, 1.82) is 0 Å². The van der Waals surface area contributed by atoms with Gasteiger partial charge in [-0.15, -0.1) is 0 Å². The molecule has 0 aliphatic carbocycles. The topological polar surface area (TPSA) is 47.0 Å². The summed E-state index contributed by atoms with van der Waals surface area (Å²) in [6, 6.07) is 7.00. The lowest BCUT2D eigenvalue weighted by molar-refractivity contribution is -0.133. The number of nitrogens with zero attached hydrogens (tertiary/aromatic N) is 3. The molecule has 3 heterocycles. The molecule has 5 nitrogen and oxygen atoms in total. The minimum atomic E-state index is -0.658. The number of amides is 1. The predicted molar refractivity (Wildman–Crippen MR) is 112 cm³/mol. The average molecular weight is 404 g/mol. The quantitative estimate of drug-likeness (QED) is 0.843. The highest BCUT2D eigenvalue weighted by molar-refractivity contribution is 5.73. The van der Waals surface area contributed by atoms with Crippen LogP contribution in [0.25, 0.3) is 0 Å². The van der Waals surface area contributed by atoms with Gasteiger partial charge in [-0.3, -0.25) is 4.79 Å². The molecule has 1 N–H and O–H groups in total. The molecule has 3 saturated heterocycles. The van der Waals surface area contributed by atoms with Crippen molar-refractivity contribution in [1.82, 2.24) is 9.80 Å². The molecule has 0 saturated carbocycles. The molecule has 0 bridgehead atoms. The molecule has 160 valence electrons. The third-order valence-electron chi connectivity index (χ3n) is 7.21. The summed E-state index contributed by atoms with van der Waals surface area (Å²) in [5.41, 5.74) is 0.367. The molecule has 0 spiro atoms. The number of rotatable bonds is 3. The molecule has 0 unspecified atom stereocenters. The second-order valence-electron chi connectivity index (χ2n) is 9.25. The van der Waals surface area contributed by atoms with E-state index in [1.165, 1.54) is 25.0 Å². The lowest BCUT2D eigenvalue weighted by atomic mass is 9.85. The van der Waals surface area contributed by atoms with Crippen molar-refractivity contribution in [2.75, 3.05) is 44.2 Å². The summed E-state index contributed by atoms with van der Waals surface area (Å²) in [7, 11) is 0. The Balaban J connectivity index is 1.33. The van der Waals surface area contributed by atoms with Crippen molar-refractivity contribution >= 4 is 11.6 Å². The largest absolute Gasteiger partial charge is 0.388 e. The van der Waals surface area contributed by atoms with E-state index in [1.54, 1.807) is 6.92 Å². The fourth-order valence-corrected chi connectivity index (χ4v) is 5.59. The number of carbonyl (C=O) groups excluding carboxylic acids is 1. The van der Waals surface area contributed by atoms with Crippen molar-refractivity contribution in [2.24, 2.45) is 5.92 Å². The molecule has 1 amide bonds. The van der Waals surface area contributed by atoms with Gasteiger partial charge in [0.25, 0.3) is 0 Å². The Morgan fingerprint density at radius 1 is 1.10 bits per heavy atom. The average Bonchev–Trinajstić information content (AvgIpc) is 2.91. The summed E-state index contributed by atoms with van der Waals surface area (Å²) in [4.78, 5) is 18.8. The minimum Gasteiger partial charge on any atom is -0.388 e. The second kappa shape index (κ2) is 8.60. The first-order chi connectivity index (χ1) is 13.9. The van der Waals surface area contributed by atoms with Gasteiger partial charge in [0.15, 0.2) is 0 Å². The van der Waals surface area contributed by atoms with Crippen molar-refractivity contribution < 1.29 is 14.3 Å². The summed E-state index contributed by atoms with van der Waals surface area (Å²) in [6.45, 7) is 6.84. The van der Waals surface area contributed by atoms with Crippen LogP contribution in [-0.4, -0.2) is 71.7 Å². The molecule has 29 heavy (non-hydrogen) atoms. The SMILES string of the molecule is CC(=O)N1CCCC[C@H]2CN(CC3(O)CCN(c4ccc(F)cc4)CC3)CC[C@H]21. The van der Waals surface area contributed by atoms with E-state index in [2.05, 4.69) is 14.7 Å². The first-order valence-corrected chi connectivity index (χ1v) is 11.2. The molecule has 0 aromatic heterocycles. The molecule has 1 aromatic rings. The molecular formula is C23H34FN3O2. The number of aliphatic hydroxyl groups is 1. The number of anilines is 1. The molecule has 3 aliphatic rings. The third-order valence-corrected chi connectivity index (χ3v) is 7.21.